The third kappa shape index (κ3) is 5.93. The molecule has 1 aliphatic rings. The number of nitrogens with one attached hydrogen (secondary N) is 3. The fourth-order valence-corrected chi connectivity index (χ4v) is 1.15. The molecule has 1 aliphatic carbocycles. The van der Waals surface area contributed by atoms with Gasteiger partial charge in [-0.05, 0) is 26.7 Å². The van der Waals surface area contributed by atoms with E-state index in [-0.39, 0.29) is 18.0 Å². The predicted molar refractivity (Wildman–Crippen MR) is 57.5 cm³/mol. The molecular weight excluding hydrogens is 194 g/mol. The van der Waals surface area contributed by atoms with Crippen LogP contribution >= 0.6 is 0 Å². The summed E-state index contributed by atoms with van der Waals surface area (Å²) >= 11 is 0. The first-order valence-electron chi connectivity index (χ1n) is 5.41. The Kier molecular flexibility index (Phi) is 4.39. The Bertz CT molecular complexity index is 221. The first-order chi connectivity index (χ1) is 7.08. The molecule has 5 heteroatoms. The van der Waals surface area contributed by atoms with Crippen LogP contribution in [0.2, 0.25) is 0 Å². The van der Waals surface area contributed by atoms with Gasteiger partial charge in [-0.25, -0.2) is 4.79 Å². The van der Waals surface area contributed by atoms with E-state index in [1.807, 2.05) is 13.8 Å². The number of rotatable bonds is 5. The van der Waals surface area contributed by atoms with Crippen molar-refractivity contribution in [3.63, 3.8) is 0 Å². The third-order valence-electron chi connectivity index (χ3n) is 2.00. The van der Waals surface area contributed by atoms with Crippen LogP contribution in [0.4, 0.5) is 4.79 Å². The molecule has 86 valence electrons. The number of amides is 3. The summed E-state index contributed by atoms with van der Waals surface area (Å²) in [7, 11) is 0. The highest BCUT2D eigenvalue weighted by atomic mass is 16.2. The van der Waals surface area contributed by atoms with E-state index in [9.17, 15) is 9.59 Å². The maximum atomic E-state index is 11.2. The second-order valence-electron chi connectivity index (χ2n) is 4.15. The fraction of sp³-hybridized carbons (Fsp3) is 0.800. The van der Waals surface area contributed by atoms with Gasteiger partial charge < -0.3 is 16.0 Å². The van der Waals surface area contributed by atoms with E-state index in [4.69, 9.17) is 0 Å². The van der Waals surface area contributed by atoms with E-state index < -0.39 is 0 Å². The van der Waals surface area contributed by atoms with Crippen LogP contribution in [-0.2, 0) is 4.79 Å². The summed E-state index contributed by atoms with van der Waals surface area (Å²) in [5.74, 6) is -0.0308. The molecule has 1 fully saturated rings. The quantitative estimate of drug-likeness (QED) is 0.617. The summed E-state index contributed by atoms with van der Waals surface area (Å²) in [6, 6.07) is 0.335. The van der Waals surface area contributed by atoms with Crippen LogP contribution in [0.1, 0.15) is 33.1 Å². The Hall–Kier alpha value is -1.26. The molecule has 0 bridgehead atoms. The summed E-state index contributed by atoms with van der Waals surface area (Å²) in [6.45, 7) is 4.20. The molecule has 1 rings (SSSR count). The molecule has 0 aliphatic heterocycles. The highest BCUT2D eigenvalue weighted by Gasteiger charge is 2.22. The molecule has 1 saturated carbocycles. The average molecular weight is 213 g/mol. The van der Waals surface area contributed by atoms with Crippen LogP contribution in [0.5, 0.6) is 0 Å². The lowest BCUT2D eigenvalue weighted by Gasteiger charge is -2.09. The molecule has 0 unspecified atom stereocenters. The van der Waals surface area contributed by atoms with Gasteiger partial charge in [-0.3, -0.25) is 4.79 Å². The van der Waals surface area contributed by atoms with Crippen molar-refractivity contribution in [1.82, 2.24) is 16.0 Å². The largest absolute Gasteiger partial charge is 0.354 e. The fourth-order valence-electron chi connectivity index (χ4n) is 1.15. The molecule has 5 nitrogen and oxygen atoms in total. The zero-order valence-corrected chi connectivity index (χ0v) is 9.30. The monoisotopic (exact) mass is 213 g/mol. The Morgan fingerprint density at radius 2 is 2.00 bits per heavy atom. The maximum absolute atomic E-state index is 11.2. The second kappa shape index (κ2) is 5.58. The van der Waals surface area contributed by atoms with Crippen LogP contribution in [0.3, 0.4) is 0 Å². The molecule has 3 N–H and O–H groups in total. The third-order valence-corrected chi connectivity index (χ3v) is 2.00. The van der Waals surface area contributed by atoms with Crippen molar-refractivity contribution < 1.29 is 9.59 Å². The van der Waals surface area contributed by atoms with Gasteiger partial charge >= 0.3 is 6.03 Å². The molecule has 3 amide bonds. The minimum atomic E-state index is -0.171. The topological polar surface area (TPSA) is 70.2 Å². The maximum Gasteiger partial charge on any atom is 0.315 e. The zero-order valence-electron chi connectivity index (χ0n) is 9.30. The summed E-state index contributed by atoms with van der Waals surface area (Å²) in [4.78, 5) is 22.3. The van der Waals surface area contributed by atoms with Gasteiger partial charge in [0.25, 0.3) is 0 Å². The Labute approximate surface area is 90.0 Å². The van der Waals surface area contributed by atoms with Crippen molar-refractivity contribution in [2.45, 2.75) is 45.2 Å². The Balaban J connectivity index is 1.99. The first-order valence-corrected chi connectivity index (χ1v) is 5.41. The molecule has 0 aromatic rings. The van der Waals surface area contributed by atoms with E-state index in [1.54, 1.807) is 0 Å². The molecular formula is C10H19N3O2. The average Bonchev–Trinajstić information content (AvgIpc) is 2.86. The van der Waals surface area contributed by atoms with Crippen LogP contribution in [-0.4, -0.2) is 30.6 Å². The number of carbonyl (C=O) groups is 2. The second-order valence-corrected chi connectivity index (χ2v) is 4.15. The van der Waals surface area contributed by atoms with E-state index in [0.29, 0.717) is 19.0 Å². The number of hydrogen-bond acceptors (Lipinski definition) is 2. The van der Waals surface area contributed by atoms with Crippen molar-refractivity contribution in [2.24, 2.45) is 0 Å². The standard InChI is InChI=1S/C10H19N3O2/c1-7(2)12-9(14)5-6-11-10(15)13-8-3-4-8/h7-8H,3-6H2,1-2H3,(H,12,14)(H2,11,13,15). The van der Waals surface area contributed by atoms with Crippen LogP contribution in [0.25, 0.3) is 0 Å². The summed E-state index contributed by atoms with van der Waals surface area (Å²) in [6.07, 6.45) is 2.47. The van der Waals surface area contributed by atoms with Gasteiger partial charge in [0, 0.05) is 25.0 Å². The lowest BCUT2D eigenvalue weighted by atomic mass is 10.3. The van der Waals surface area contributed by atoms with Gasteiger partial charge in [-0.2, -0.15) is 0 Å². The van der Waals surface area contributed by atoms with E-state index >= 15 is 0 Å². The van der Waals surface area contributed by atoms with Gasteiger partial charge in [0.1, 0.15) is 0 Å². The van der Waals surface area contributed by atoms with Gasteiger partial charge in [-0.1, -0.05) is 0 Å². The molecule has 15 heavy (non-hydrogen) atoms. The van der Waals surface area contributed by atoms with Crippen molar-refractivity contribution >= 4 is 11.9 Å². The lowest BCUT2D eigenvalue weighted by molar-refractivity contribution is -0.121. The van der Waals surface area contributed by atoms with E-state index in [2.05, 4.69) is 16.0 Å². The van der Waals surface area contributed by atoms with E-state index in [1.165, 1.54) is 0 Å². The van der Waals surface area contributed by atoms with Crippen LogP contribution in [0.15, 0.2) is 0 Å². The van der Waals surface area contributed by atoms with Crippen molar-refractivity contribution in [3.8, 4) is 0 Å². The van der Waals surface area contributed by atoms with Gasteiger partial charge in [0.05, 0.1) is 0 Å². The van der Waals surface area contributed by atoms with Gasteiger partial charge in [-0.15, -0.1) is 0 Å². The first kappa shape index (κ1) is 11.8. The molecule has 0 heterocycles. The van der Waals surface area contributed by atoms with Gasteiger partial charge in [0.15, 0.2) is 0 Å². The summed E-state index contributed by atoms with van der Waals surface area (Å²) < 4.78 is 0. The van der Waals surface area contributed by atoms with Crippen LogP contribution in [0, 0.1) is 0 Å². The number of hydrogen-bond donors (Lipinski definition) is 3. The molecule has 0 saturated heterocycles. The van der Waals surface area contributed by atoms with Crippen molar-refractivity contribution in [3.05, 3.63) is 0 Å². The Morgan fingerprint density at radius 3 is 2.53 bits per heavy atom. The highest BCUT2D eigenvalue weighted by Crippen LogP contribution is 2.18. The SMILES string of the molecule is CC(C)NC(=O)CCNC(=O)NC1CC1. The molecule has 0 spiro atoms. The molecule has 0 atom stereocenters. The lowest BCUT2D eigenvalue weighted by Crippen LogP contribution is -2.39. The predicted octanol–water partition coefficient (Wildman–Crippen LogP) is 0.363. The smallest absolute Gasteiger partial charge is 0.315 e. The Morgan fingerprint density at radius 1 is 1.33 bits per heavy atom. The summed E-state index contributed by atoms with van der Waals surface area (Å²) in [5.41, 5.74) is 0. The minimum Gasteiger partial charge on any atom is -0.354 e. The van der Waals surface area contributed by atoms with Crippen LogP contribution < -0.4 is 16.0 Å². The molecule has 0 radical (unpaired) electrons. The summed E-state index contributed by atoms with van der Waals surface area (Å²) in [5, 5.41) is 8.19. The normalized spacial score (nSPS) is 14.9. The molecule has 0 aromatic heterocycles. The minimum absolute atomic E-state index is 0.0308. The molecule has 0 aromatic carbocycles. The number of carbonyl (C=O) groups excluding carboxylic acids is 2. The van der Waals surface area contributed by atoms with Gasteiger partial charge in [0.2, 0.25) is 5.91 Å². The van der Waals surface area contributed by atoms with Crippen molar-refractivity contribution in [1.29, 1.82) is 0 Å². The van der Waals surface area contributed by atoms with Crippen molar-refractivity contribution in [2.75, 3.05) is 6.54 Å². The number of urea groups is 1. The zero-order chi connectivity index (χ0) is 11.3. The van der Waals surface area contributed by atoms with E-state index in [0.717, 1.165) is 12.8 Å². The highest BCUT2D eigenvalue weighted by molar-refractivity contribution is 5.78.